The van der Waals surface area contributed by atoms with Gasteiger partial charge in [-0.2, -0.15) is 0 Å². The maximum absolute atomic E-state index is 12.5. The molecule has 7 nitrogen and oxygen atoms in total. The highest BCUT2D eigenvalue weighted by molar-refractivity contribution is 5.94. The molecule has 0 aliphatic carbocycles. The van der Waals surface area contributed by atoms with Gasteiger partial charge in [0.2, 0.25) is 0 Å². The Bertz CT molecular complexity index is 436. The minimum atomic E-state index is -1.89. The molecule has 1 amide bonds. The Morgan fingerprint density at radius 3 is 2.04 bits per heavy atom. The molecule has 2 unspecified atom stereocenters. The number of carbonyl (C=O) groups is 3. The molecule has 0 aliphatic rings. The predicted molar refractivity (Wildman–Crippen MR) is 84.9 cm³/mol. The van der Waals surface area contributed by atoms with Crippen molar-refractivity contribution in [2.75, 3.05) is 6.61 Å². The number of ether oxygens (including phenoxy) is 2. The third kappa shape index (κ3) is 9.18. The summed E-state index contributed by atoms with van der Waals surface area (Å²) in [5, 5.41) is 12.7. The third-order valence-electron chi connectivity index (χ3n) is 2.80. The Balaban J connectivity index is 5.04. The topological polar surface area (TPSA) is 102 Å². The Morgan fingerprint density at radius 2 is 1.65 bits per heavy atom. The van der Waals surface area contributed by atoms with Crippen molar-refractivity contribution in [2.45, 2.75) is 72.1 Å². The van der Waals surface area contributed by atoms with Gasteiger partial charge in [0.05, 0.1) is 6.04 Å². The number of Topliss-reactive ketones (excluding diaryl/α,β-unsaturated/α-hetero) is 1. The first-order valence-corrected chi connectivity index (χ1v) is 7.64. The van der Waals surface area contributed by atoms with Gasteiger partial charge in [0.15, 0.2) is 11.4 Å². The van der Waals surface area contributed by atoms with E-state index in [1.807, 2.05) is 13.8 Å². The van der Waals surface area contributed by atoms with Gasteiger partial charge in [0.25, 0.3) is 0 Å². The van der Waals surface area contributed by atoms with Crippen molar-refractivity contribution in [3.05, 3.63) is 0 Å². The number of amides is 1. The molecule has 0 aliphatic heterocycles. The number of carbonyl (C=O) groups excluding carboxylic acids is 3. The largest absolute Gasteiger partial charge is 0.462 e. The minimum Gasteiger partial charge on any atom is -0.462 e. The van der Waals surface area contributed by atoms with Crippen LogP contribution in [0.2, 0.25) is 0 Å². The summed E-state index contributed by atoms with van der Waals surface area (Å²) in [5.41, 5.74) is -2.59. The molecule has 2 atom stereocenters. The maximum Gasteiger partial charge on any atom is 0.408 e. The Kier molecular flexibility index (Phi) is 7.70. The molecule has 23 heavy (non-hydrogen) atoms. The number of aliphatic hydroxyl groups is 1. The van der Waals surface area contributed by atoms with E-state index in [-0.39, 0.29) is 5.92 Å². The van der Waals surface area contributed by atoms with Crippen LogP contribution in [0.25, 0.3) is 0 Å². The monoisotopic (exact) mass is 331 g/mol. The smallest absolute Gasteiger partial charge is 0.408 e. The van der Waals surface area contributed by atoms with E-state index in [0.29, 0.717) is 6.42 Å². The van der Waals surface area contributed by atoms with Crippen molar-refractivity contribution in [2.24, 2.45) is 5.92 Å². The molecule has 134 valence electrons. The molecule has 0 aromatic rings. The number of hydrogen-bond acceptors (Lipinski definition) is 6. The molecule has 0 spiro atoms. The SMILES string of the molecule is CC(=O)OCC(C)(O)C(=O)C(CC(C)C)NC(=O)OC(C)(C)C. The lowest BCUT2D eigenvalue weighted by molar-refractivity contribution is -0.155. The Morgan fingerprint density at radius 1 is 1.13 bits per heavy atom. The van der Waals surface area contributed by atoms with Gasteiger partial charge < -0.3 is 19.9 Å². The van der Waals surface area contributed by atoms with Crippen LogP contribution in [0.4, 0.5) is 4.79 Å². The van der Waals surface area contributed by atoms with Crippen LogP contribution < -0.4 is 5.32 Å². The zero-order valence-electron chi connectivity index (χ0n) is 15.1. The first-order valence-electron chi connectivity index (χ1n) is 7.64. The molecule has 0 saturated heterocycles. The molecule has 0 bridgehead atoms. The Labute approximate surface area is 137 Å². The van der Waals surface area contributed by atoms with Crippen molar-refractivity contribution in [1.29, 1.82) is 0 Å². The van der Waals surface area contributed by atoms with Crippen molar-refractivity contribution in [3.63, 3.8) is 0 Å². The summed E-state index contributed by atoms with van der Waals surface area (Å²) in [4.78, 5) is 35.3. The van der Waals surface area contributed by atoms with E-state index in [1.165, 1.54) is 13.8 Å². The molecule has 0 aromatic heterocycles. The van der Waals surface area contributed by atoms with Gasteiger partial charge in [0.1, 0.15) is 12.2 Å². The molecule has 0 rings (SSSR count). The van der Waals surface area contributed by atoms with Crippen molar-refractivity contribution < 1.29 is 29.0 Å². The van der Waals surface area contributed by atoms with Crippen LogP contribution in [0, 0.1) is 5.92 Å². The second-order valence-electron chi connectivity index (χ2n) is 7.25. The van der Waals surface area contributed by atoms with Crippen LogP contribution in [0.15, 0.2) is 0 Å². The summed E-state index contributed by atoms with van der Waals surface area (Å²) in [6, 6.07) is -0.935. The molecule has 0 fully saturated rings. The standard InChI is InChI=1S/C16H29NO6/c1-10(2)8-12(17-14(20)23-15(4,5)6)13(19)16(7,21)9-22-11(3)18/h10,12,21H,8-9H2,1-7H3,(H,17,20). The average Bonchev–Trinajstić information content (AvgIpc) is 2.31. The summed E-state index contributed by atoms with van der Waals surface area (Å²) in [6.45, 7) is 10.9. The molecule has 0 aromatic carbocycles. The fourth-order valence-electron chi connectivity index (χ4n) is 1.84. The maximum atomic E-state index is 12.5. The van der Waals surface area contributed by atoms with Crippen LogP contribution in [-0.4, -0.2) is 46.8 Å². The lowest BCUT2D eigenvalue weighted by Gasteiger charge is -2.29. The van der Waals surface area contributed by atoms with Crippen LogP contribution in [0.1, 0.15) is 54.9 Å². The van der Waals surface area contributed by atoms with E-state index < -0.39 is 41.7 Å². The summed E-state index contributed by atoms with van der Waals surface area (Å²) < 4.78 is 9.86. The zero-order valence-corrected chi connectivity index (χ0v) is 15.1. The lowest BCUT2D eigenvalue weighted by atomic mass is 9.90. The molecule has 0 radical (unpaired) electrons. The average molecular weight is 331 g/mol. The summed E-state index contributed by atoms with van der Waals surface area (Å²) in [6.07, 6.45) is -0.409. The molecule has 0 saturated carbocycles. The molecule has 0 heterocycles. The first kappa shape index (κ1) is 21.4. The molecule has 2 N–H and O–H groups in total. The Hall–Kier alpha value is -1.63. The van der Waals surface area contributed by atoms with Gasteiger partial charge in [-0.3, -0.25) is 9.59 Å². The first-order chi connectivity index (χ1) is 10.2. The van der Waals surface area contributed by atoms with E-state index in [0.717, 1.165) is 0 Å². The fraction of sp³-hybridized carbons (Fsp3) is 0.812. The lowest BCUT2D eigenvalue weighted by Crippen LogP contribution is -2.54. The van der Waals surface area contributed by atoms with Crippen LogP contribution in [-0.2, 0) is 19.1 Å². The number of rotatable bonds is 7. The fourth-order valence-corrected chi connectivity index (χ4v) is 1.84. The highest BCUT2D eigenvalue weighted by atomic mass is 16.6. The normalized spacial score (nSPS) is 15.5. The van der Waals surface area contributed by atoms with Gasteiger partial charge >= 0.3 is 12.1 Å². The van der Waals surface area contributed by atoms with E-state index in [4.69, 9.17) is 9.47 Å². The molecule has 7 heteroatoms. The summed E-state index contributed by atoms with van der Waals surface area (Å²) >= 11 is 0. The summed E-state index contributed by atoms with van der Waals surface area (Å²) in [7, 11) is 0. The molecular weight excluding hydrogens is 302 g/mol. The number of ketones is 1. The highest BCUT2D eigenvalue weighted by Crippen LogP contribution is 2.16. The van der Waals surface area contributed by atoms with Crippen molar-refractivity contribution in [1.82, 2.24) is 5.32 Å². The quantitative estimate of drug-likeness (QED) is 0.690. The van der Waals surface area contributed by atoms with Gasteiger partial charge in [-0.1, -0.05) is 13.8 Å². The zero-order chi connectivity index (χ0) is 18.4. The van der Waals surface area contributed by atoms with Gasteiger partial charge in [-0.05, 0) is 40.0 Å². The summed E-state index contributed by atoms with van der Waals surface area (Å²) in [5.74, 6) is -1.12. The van der Waals surface area contributed by atoms with Crippen LogP contribution in [0.3, 0.4) is 0 Å². The van der Waals surface area contributed by atoms with Gasteiger partial charge in [-0.25, -0.2) is 4.79 Å². The highest BCUT2D eigenvalue weighted by Gasteiger charge is 2.38. The van der Waals surface area contributed by atoms with Crippen molar-refractivity contribution in [3.8, 4) is 0 Å². The predicted octanol–water partition coefficient (Wildman–Crippen LogP) is 1.81. The van der Waals surface area contributed by atoms with Gasteiger partial charge in [-0.15, -0.1) is 0 Å². The number of alkyl carbamates (subject to hydrolysis) is 1. The molecular formula is C16H29NO6. The number of esters is 1. The van der Waals surface area contributed by atoms with E-state index in [9.17, 15) is 19.5 Å². The van der Waals surface area contributed by atoms with E-state index >= 15 is 0 Å². The van der Waals surface area contributed by atoms with E-state index in [2.05, 4.69) is 5.32 Å². The van der Waals surface area contributed by atoms with Crippen molar-refractivity contribution >= 4 is 17.8 Å². The van der Waals surface area contributed by atoms with E-state index in [1.54, 1.807) is 20.8 Å². The van der Waals surface area contributed by atoms with Crippen LogP contribution in [0.5, 0.6) is 0 Å². The second-order valence-corrected chi connectivity index (χ2v) is 7.25. The minimum absolute atomic E-state index is 0.100. The number of nitrogens with one attached hydrogen (secondary N) is 1. The van der Waals surface area contributed by atoms with Crippen LogP contribution >= 0.6 is 0 Å². The second kappa shape index (κ2) is 8.29. The third-order valence-corrected chi connectivity index (χ3v) is 2.80. The van der Waals surface area contributed by atoms with Gasteiger partial charge in [0, 0.05) is 6.92 Å². The number of hydrogen-bond donors (Lipinski definition) is 2.